The van der Waals surface area contributed by atoms with Crippen molar-refractivity contribution in [3.8, 4) is 0 Å². The molecule has 4 unspecified atom stereocenters. The van der Waals surface area contributed by atoms with Crippen molar-refractivity contribution in [3.63, 3.8) is 0 Å². The fourth-order valence-corrected chi connectivity index (χ4v) is 4.70. The number of hydrogen-bond acceptors (Lipinski definition) is 3. The van der Waals surface area contributed by atoms with Gasteiger partial charge in [0.15, 0.2) is 0 Å². The number of thioether (sulfide) groups is 1. The van der Waals surface area contributed by atoms with Gasteiger partial charge in [-0.2, -0.15) is 11.8 Å². The molecule has 18 heavy (non-hydrogen) atoms. The first-order valence-electron chi connectivity index (χ1n) is 6.97. The maximum absolute atomic E-state index is 5.95. The van der Waals surface area contributed by atoms with Crippen molar-refractivity contribution in [2.75, 3.05) is 5.75 Å². The standard InChI is InChI=1S/C15H19NOS/c1-2-4-12-10(3-1)8-18-9-14(12)16-13-7-11-5-6-15(13)17-11/h1-4,11,13-16H,5-9H2. The molecule has 2 nitrogen and oxygen atoms in total. The molecule has 0 saturated carbocycles. The second-order valence-corrected chi connectivity index (χ2v) is 6.68. The van der Waals surface area contributed by atoms with Crippen LogP contribution in [0.5, 0.6) is 0 Å². The third kappa shape index (κ3) is 1.89. The van der Waals surface area contributed by atoms with Gasteiger partial charge in [-0.1, -0.05) is 24.3 Å². The summed E-state index contributed by atoms with van der Waals surface area (Å²) in [6.45, 7) is 0. The molecular weight excluding hydrogens is 242 g/mol. The van der Waals surface area contributed by atoms with Crippen LogP contribution in [-0.2, 0) is 10.5 Å². The Morgan fingerprint density at radius 1 is 1.22 bits per heavy atom. The highest BCUT2D eigenvalue weighted by molar-refractivity contribution is 7.98. The molecule has 0 amide bonds. The van der Waals surface area contributed by atoms with Crippen LogP contribution in [0.2, 0.25) is 0 Å². The topological polar surface area (TPSA) is 21.3 Å². The van der Waals surface area contributed by atoms with Gasteiger partial charge in [-0.15, -0.1) is 0 Å². The minimum Gasteiger partial charge on any atom is -0.373 e. The molecule has 2 bridgehead atoms. The first kappa shape index (κ1) is 11.3. The molecule has 3 heteroatoms. The minimum absolute atomic E-state index is 0.481. The molecular formula is C15H19NOS. The summed E-state index contributed by atoms with van der Waals surface area (Å²) in [6, 6.07) is 9.99. The lowest BCUT2D eigenvalue weighted by atomic mass is 9.93. The van der Waals surface area contributed by atoms with E-state index >= 15 is 0 Å². The monoisotopic (exact) mass is 261 g/mol. The fraction of sp³-hybridized carbons (Fsp3) is 0.600. The quantitative estimate of drug-likeness (QED) is 0.884. The van der Waals surface area contributed by atoms with E-state index < -0.39 is 0 Å². The zero-order valence-corrected chi connectivity index (χ0v) is 11.3. The van der Waals surface area contributed by atoms with Gasteiger partial charge in [0.25, 0.3) is 0 Å². The van der Waals surface area contributed by atoms with Crippen LogP contribution in [0.3, 0.4) is 0 Å². The van der Waals surface area contributed by atoms with E-state index in [9.17, 15) is 0 Å². The first-order valence-corrected chi connectivity index (χ1v) is 8.12. The Morgan fingerprint density at radius 2 is 2.17 bits per heavy atom. The Bertz CT molecular complexity index is 450. The molecule has 0 spiro atoms. The molecule has 1 N–H and O–H groups in total. The van der Waals surface area contributed by atoms with Crippen molar-refractivity contribution >= 4 is 11.8 Å². The molecule has 3 aliphatic heterocycles. The smallest absolute Gasteiger partial charge is 0.0733 e. The summed E-state index contributed by atoms with van der Waals surface area (Å²) in [5, 5.41) is 3.86. The zero-order chi connectivity index (χ0) is 11.9. The fourth-order valence-electron chi connectivity index (χ4n) is 3.59. The lowest BCUT2D eigenvalue weighted by Gasteiger charge is -2.31. The predicted molar refractivity (Wildman–Crippen MR) is 74.8 cm³/mol. The average molecular weight is 261 g/mol. The maximum atomic E-state index is 5.95. The SMILES string of the molecule is c1ccc2c(c1)CSCC2NC1CC2CCC1O2. The van der Waals surface area contributed by atoms with Crippen LogP contribution >= 0.6 is 11.8 Å². The Balaban J connectivity index is 1.53. The van der Waals surface area contributed by atoms with Crippen LogP contribution in [0.25, 0.3) is 0 Å². The van der Waals surface area contributed by atoms with Gasteiger partial charge in [0.05, 0.1) is 12.2 Å². The van der Waals surface area contributed by atoms with Gasteiger partial charge in [0.1, 0.15) is 0 Å². The summed E-state index contributed by atoms with van der Waals surface area (Å²) >= 11 is 2.05. The summed E-state index contributed by atoms with van der Waals surface area (Å²) in [5.41, 5.74) is 3.02. The van der Waals surface area contributed by atoms with Crippen LogP contribution in [0, 0.1) is 0 Å². The number of benzene rings is 1. The molecule has 1 aromatic carbocycles. The van der Waals surface area contributed by atoms with Crippen LogP contribution in [-0.4, -0.2) is 24.0 Å². The largest absolute Gasteiger partial charge is 0.373 e. The van der Waals surface area contributed by atoms with Gasteiger partial charge in [-0.3, -0.25) is 0 Å². The number of ether oxygens (including phenoxy) is 1. The molecule has 4 rings (SSSR count). The van der Waals surface area contributed by atoms with Gasteiger partial charge in [0, 0.05) is 23.6 Å². The Labute approximate surface area is 112 Å². The highest BCUT2D eigenvalue weighted by atomic mass is 32.2. The molecule has 1 aromatic rings. The van der Waals surface area contributed by atoms with E-state index in [2.05, 4.69) is 29.6 Å². The zero-order valence-electron chi connectivity index (χ0n) is 10.5. The van der Waals surface area contributed by atoms with E-state index in [1.807, 2.05) is 11.8 Å². The van der Waals surface area contributed by atoms with Crippen LogP contribution in [0.15, 0.2) is 24.3 Å². The van der Waals surface area contributed by atoms with Gasteiger partial charge in [0.2, 0.25) is 0 Å². The predicted octanol–water partition coefficient (Wildman–Crippen LogP) is 2.88. The molecule has 2 saturated heterocycles. The van der Waals surface area contributed by atoms with Crippen molar-refractivity contribution in [2.45, 2.75) is 49.3 Å². The summed E-state index contributed by atoms with van der Waals surface area (Å²) < 4.78 is 5.95. The second-order valence-electron chi connectivity index (χ2n) is 5.65. The summed E-state index contributed by atoms with van der Waals surface area (Å²) in [4.78, 5) is 0. The molecule has 3 aliphatic rings. The number of fused-ring (bicyclic) bond motifs is 3. The molecule has 4 atom stereocenters. The number of nitrogens with one attached hydrogen (secondary N) is 1. The third-order valence-electron chi connectivity index (χ3n) is 4.49. The molecule has 0 aromatic heterocycles. The number of hydrogen-bond donors (Lipinski definition) is 1. The molecule has 2 fully saturated rings. The Morgan fingerprint density at radius 3 is 3.00 bits per heavy atom. The normalized spacial score (nSPS) is 37.8. The number of rotatable bonds is 2. The van der Waals surface area contributed by atoms with Gasteiger partial charge in [-0.25, -0.2) is 0 Å². The highest BCUT2D eigenvalue weighted by Crippen LogP contribution is 2.37. The van der Waals surface area contributed by atoms with Crippen LogP contribution < -0.4 is 5.32 Å². The van der Waals surface area contributed by atoms with Crippen molar-refractivity contribution < 1.29 is 4.74 Å². The summed E-state index contributed by atoms with van der Waals surface area (Å²) in [5.74, 6) is 2.37. The molecule has 3 heterocycles. The molecule has 96 valence electrons. The third-order valence-corrected chi connectivity index (χ3v) is 5.58. The van der Waals surface area contributed by atoms with E-state index in [1.165, 1.54) is 41.9 Å². The first-order chi connectivity index (χ1) is 8.90. The lowest BCUT2D eigenvalue weighted by Crippen LogP contribution is -2.41. The van der Waals surface area contributed by atoms with Gasteiger partial charge >= 0.3 is 0 Å². The van der Waals surface area contributed by atoms with Crippen LogP contribution in [0.4, 0.5) is 0 Å². The lowest BCUT2D eigenvalue weighted by molar-refractivity contribution is 0.0963. The Kier molecular flexibility index (Phi) is 2.86. The van der Waals surface area contributed by atoms with E-state index in [1.54, 1.807) is 0 Å². The van der Waals surface area contributed by atoms with E-state index in [-0.39, 0.29) is 0 Å². The van der Waals surface area contributed by atoms with E-state index in [0.29, 0.717) is 24.3 Å². The summed E-state index contributed by atoms with van der Waals surface area (Å²) in [6.07, 6.45) is 4.77. The van der Waals surface area contributed by atoms with Gasteiger partial charge < -0.3 is 10.1 Å². The van der Waals surface area contributed by atoms with Crippen molar-refractivity contribution in [3.05, 3.63) is 35.4 Å². The maximum Gasteiger partial charge on any atom is 0.0733 e. The van der Waals surface area contributed by atoms with Crippen LogP contribution in [0.1, 0.15) is 36.4 Å². The highest BCUT2D eigenvalue weighted by Gasteiger charge is 2.41. The second kappa shape index (κ2) is 4.55. The van der Waals surface area contributed by atoms with E-state index in [4.69, 9.17) is 4.74 Å². The van der Waals surface area contributed by atoms with Gasteiger partial charge in [-0.05, 0) is 30.4 Å². The van der Waals surface area contributed by atoms with Crippen molar-refractivity contribution in [1.29, 1.82) is 0 Å². The summed E-state index contributed by atoms with van der Waals surface area (Å²) in [7, 11) is 0. The Hall–Kier alpha value is -0.510. The van der Waals surface area contributed by atoms with Crippen molar-refractivity contribution in [2.24, 2.45) is 0 Å². The average Bonchev–Trinajstić information content (AvgIpc) is 3.01. The van der Waals surface area contributed by atoms with Crippen molar-refractivity contribution in [1.82, 2.24) is 5.32 Å². The molecule has 0 aliphatic carbocycles. The molecule has 0 radical (unpaired) electrons. The van der Waals surface area contributed by atoms with E-state index in [0.717, 1.165) is 0 Å². The minimum atomic E-state index is 0.481.